The molecule has 1 amide bonds. The van der Waals surface area contributed by atoms with Crippen molar-refractivity contribution in [1.82, 2.24) is 4.90 Å². The number of hydrogen-bond acceptors (Lipinski definition) is 1. The molecule has 0 atom stereocenters. The maximum absolute atomic E-state index is 11.2. The predicted molar refractivity (Wildman–Crippen MR) is 96.6 cm³/mol. The van der Waals surface area contributed by atoms with E-state index in [-0.39, 0.29) is 5.91 Å². The van der Waals surface area contributed by atoms with Crippen LogP contribution >= 0.6 is 0 Å². The fourth-order valence-corrected chi connectivity index (χ4v) is 1.44. The highest BCUT2D eigenvalue weighted by atomic mass is 16.2. The van der Waals surface area contributed by atoms with Crippen molar-refractivity contribution >= 4 is 5.91 Å². The van der Waals surface area contributed by atoms with E-state index in [1.54, 1.807) is 6.92 Å². The van der Waals surface area contributed by atoms with E-state index < -0.39 is 0 Å². The van der Waals surface area contributed by atoms with Gasteiger partial charge in [0.1, 0.15) is 0 Å². The van der Waals surface area contributed by atoms with Crippen molar-refractivity contribution in [3.63, 3.8) is 0 Å². The minimum Gasteiger partial charge on any atom is -0.339 e. The van der Waals surface area contributed by atoms with Crippen LogP contribution in [0.1, 0.15) is 72.9 Å². The molecule has 0 radical (unpaired) electrons. The van der Waals surface area contributed by atoms with Crippen LogP contribution in [0.25, 0.3) is 0 Å². The van der Waals surface area contributed by atoms with E-state index in [2.05, 4.69) is 32.9 Å². The van der Waals surface area contributed by atoms with E-state index in [0.29, 0.717) is 0 Å². The summed E-state index contributed by atoms with van der Waals surface area (Å²) in [6.07, 6.45) is 1.25. The van der Waals surface area contributed by atoms with Crippen molar-refractivity contribution in [2.45, 2.75) is 75.3 Å². The van der Waals surface area contributed by atoms with Gasteiger partial charge in [-0.05, 0) is 25.0 Å². The highest BCUT2D eigenvalue weighted by molar-refractivity contribution is 5.73. The molecule has 0 spiro atoms. The molecule has 124 valence electrons. The summed E-state index contributed by atoms with van der Waals surface area (Å²) < 4.78 is 0. The largest absolute Gasteiger partial charge is 0.339 e. The molecule has 0 aromatic heterocycles. The molecule has 2 heteroatoms. The van der Waals surface area contributed by atoms with Gasteiger partial charge >= 0.3 is 0 Å². The standard InChI is InChI=1S/C12H17NO.C3H8.2C2H6/c1-4-13(11(3)14)9-12-8-6-5-7-10(12)2;1-3-2;2*1-2/h5-8H,4,9H2,1-3H3;3H2,1-2H3;2*1-2H3. The molecule has 1 rings (SSSR count). The lowest BCUT2D eigenvalue weighted by Crippen LogP contribution is -2.27. The van der Waals surface area contributed by atoms with Crippen molar-refractivity contribution in [3.05, 3.63) is 35.4 Å². The summed E-state index contributed by atoms with van der Waals surface area (Å²) in [4.78, 5) is 13.1. The van der Waals surface area contributed by atoms with Crippen LogP contribution in [-0.4, -0.2) is 17.4 Å². The quantitative estimate of drug-likeness (QED) is 0.686. The van der Waals surface area contributed by atoms with E-state index in [4.69, 9.17) is 0 Å². The Morgan fingerprint density at radius 1 is 1.00 bits per heavy atom. The summed E-state index contributed by atoms with van der Waals surface area (Å²) in [5.74, 6) is 0.135. The van der Waals surface area contributed by atoms with Crippen LogP contribution in [0.15, 0.2) is 24.3 Å². The third kappa shape index (κ3) is 13.4. The van der Waals surface area contributed by atoms with Gasteiger partial charge in [-0.1, -0.05) is 72.2 Å². The van der Waals surface area contributed by atoms with Crippen molar-refractivity contribution < 1.29 is 4.79 Å². The van der Waals surface area contributed by atoms with E-state index in [0.717, 1.165) is 13.1 Å². The normalized spacial score (nSPS) is 8.05. The van der Waals surface area contributed by atoms with Crippen LogP contribution in [0.5, 0.6) is 0 Å². The molecular weight excluding hydrogens is 258 g/mol. The average Bonchev–Trinajstić information content (AvgIpc) is 2.51. The first-order valence-electron chi connectivity index (χ1n) is 8.36. The van der Waals surface area contributed by atoms with Gasteiger partial charge in [-0.3, -0.25) is 4.79 Å². The van der Waals surface area contributed by atoms with E-state index >= 15 is 0 Å². The summed E-state index contributed by atoms with van der Waals surface area (Å²) in [7, 11) is 0. The highest BCUT2D eigenvalue weighted by Crippen LogP contribution is 2.10. The van der Waals surface area contributed by atoms with Crippen molar-refractivity contribution in [2.24, 2.45) is 0 Å². The second-order valence-electron chi connectivity index (χ2n) is 4.17. The van der Waals surface area contributed by atoms with E-state index in [1.165, 1.54) is 17.5 Å². The van der Waals surface area contributed by atoms with Gasteiger partial charge in [-0.2, -0.15) is 0 Å². The maximum atomic E-state index is 11.2. The fraction of sp³-hybridized carbons (Fsp3) is 0.632. The molecule has 0 aliphatic heterocycles. The van der Waals surface area contributed by atoms with E-state index in [9.17, 15) is 4.79 Å². The van der Waals surface area contributed by atoms with Gasteiger partial charge in [0.2, 0.25) is 5.91 Å². The molecule has 21 heavy (non-hydrogen) atoms. The topological polar surface area (TPSA) is 20.3 Å². The monoisotopic (exact) mass is 295 g/mol. The Kier molecular flexibility index (Phi) is 22.0. The van der Waals surface area contributed by atoms with Gasteiger partial charge in [-0.25, -0.2) is 0 Å². The summed E-state index contributed by atoms with van der Waals surface area (Å²) >= 11 is 0. The average molecular weight is 296 g/mol. The van der Waals surface area contributed by atoms with Crippen LogP contribution in [0.3, 0.4) is 0 Å². The number of carbonyl (C=O) groups excluding carboxylic acids is 1. The molecule has 0 saturated carbocycles. The summed E-state index contributed by atoms with van der Waals surface area (Å²) in [6.45, 7) is 19.4. The predicted octanol–water partition coefficient (Wildman–Crippen LogP) is 5.83. The van der Waals surface area contributed by atoms with Gasteiger partial charge in [0.15, 0.2) is 0 Å². The van der Waals surface area contributed by atoms with E-state index in [1.807, 2.05) is 51.7 Å². The minimum atomic E-state index is 0.135. The number of amides is 1. The summed E-state index contributed by atoms with van der Waals surface area (Å²) in [5.41, 5.74) is 2.47. The molecule has 1 aromatic rings. The van der Waals surface area contributed by atoms with Crippen molar-refractivity contribution in [1.29, 1.82) is 0 Å². The van der Waals surface area contributed by atoms with Gasteiger partial charge in [0.25, 0.3) is 0 Å². The summed E-state index contributed by atoms with van der Waals surface area (Å²) in [5, 5.41) is 0. The molecule has 2 nitrogen and oxygen atoms in total. The van der Waals surface area contributed by atoms with Crippen LogP contribution in [0, 0.1) is 6.92 Å². The third-order valence-corrected chi connectivity index (χ3v) is 2.45. The zero-order chi connectivity index (χ0) is 17.3. The number of nitrogens with zero attached hydrogens (tertiary/aromatic N) is 1. The number of hydrogen-bond donors (Lipinski definition) is 0. The minimum absolute atomic E-state index is 0.135. The molecular formula is C19H37NO. The molecule has 0 bridgehead atoms. The smallest absolute Gasteiger partial charge is 0.219 e. The molecule has 0 N–H and O–H groups in total. The second-order valence-corrected chi connectivity index (χ2v) is 4.17. The molecule has 0 aliphatic carbocycles. The first-order valence-corrected chi connectivity index (χ1v) is 8.36. The molecule has 0 unspecified atom stereocenters. The Balaban J connectivity index is -0.000000399. The molecule has 0 aliphatic rings. The number of aryl methyl sites for hydroxylation is 1. The Morgan fingerprint density at radius 2 is 1.43 bits per heavy atom. The molecule has 1 aromatic carbocycles. The van der Waals surface area contributed by atoms with Crippen LogP contribution < -0.4 is 0 Å². The number of rotatable bonds is 3. The zero-order valence-electron chi connectivity index (χ0n) is 15.8. The number of carbonyl (C=O) groups is 1. The van der Waals surface area contributed by atoms with Crippen LogP contribution in [0.2, 0.25) is 0 Å². The van der Waals surface area contributed by atoms with Gasteiger partial charge < -0.3 is 4.90 Å². The van der Waals surface area contributed by atoms with Crippen molar-refractivity contribution in [2.75, 3.05) is 6.54 Å². The van der Waals surface area contributed by atoms with Crippen LogP contribution in [-0.2, 0) is 11.3 Å². The Bertz CT molecular complexity index is 334. The van der Waals surface area contributed by atoms with Crippen LogP contribution in [0.4, 0.5) is 0 Å². The SMILES string of the molecule is CC.CC.CCC.CCN(Cc1ccccc1C)C(C)=O. The molecule has 0 heterocycles. The Morgan fingerprint density at radius 3 is 1.76 bits per heavy atom. The molecule has 0 fully saturated rings. The first kappa shape index (κ1) is 24.7. The van der Waals surface area contributed by atoms with Gasteiger partial charge in [0, 0.05) is 20.0 Å². The fourth-order valence-electron chi connectivity index (χ4n) is 1.44. The third-order valence-electron chi connectivity index (χ3n) is 2.45. The lowest BCUT2D eigenvalue weighted by Gasteiger charge is -2.19. The lowest BCUT2D eigenvalue weighted by atomic mass is 10.1. The zero-order valence-corrected chi connectivity index (χ0v) is 15.8. The summed E-state index contributed by atoms with van der Waals surface area (Å²) in [6, 6.07) is 8.17. The first-order chi connectivity index (χ1) is 10.1. The lowest BCUT2D eigenvalue weighted by molar-refractivity contribution is -0.129. The van der Waals surface area contributed by atoms with Gasteiger partial charge in [0.05, 0.1) is 0 Å². The maximum Gasteiger partial charge on any atom is 0.219 e. The molecule has 0 saturated heterocycles. The Labute approximate surface area is 133 Å². The highest BCUT2D eigenvalue weighted by Gasteiger charge is 2.07. The Hall–Kier alpha value is -1.31. The second kappa shape index (κ2) is 18.7. The van der Waals surface area contributed by atoms with Crippen molar-refractivity contribution in [3.8, 4) is 0 Å². The van der Waals surface area contributed by atoms with Gasteiger partial charge in [-0.15, -0.1) is 0 Å². The number of benzene rings is 1.